The molecule has 1 heterocycles. The summed E-state index contributed by atoms with van der Waals surface area (Å²) in [5.41, 5.74) is -1.32. The van der Waals surface area contributed by atoms with Crippen LogP contribution in [0, 0.1) is 11.3 Å². The highest BCUT2D eigenvalue weighted by Gasteiger charge is 2.44. The van der Waals surface area contributed by atoms with Crippen molar-refractivity contribution >= 4 is 19.9 Å². The average molecular weight is 294 g/mol. The van der Waals surface area contributed by atoms with Gasteiger partial charge in [-0.2, -0.15) is 5.26 Å². The van der Waals surface area contributed by atoms with Gasteiger partial charge < -0.3 is 9.47 Å². The van der Waals surface area contributed by atoms with E-state index < -0.39 is 35.2 Å². The average Bonchev–Trinajstić information content (AvgIpc) is 2.67. The zero-order valence-electron chi connectivity index (χ0n) is 13.6. The first kappa shape index (κ1) is 17.3. The fourth-order valence-electron chi connectivity index (χ4n) is 2.11. The molecule has 2 atom stereocenters. The maximum absolute atomic E-state index is 12.3. The molecule has 116 valence electrons. The maximum Gasteiger partial charge on any atom is 0.412 e. The number of amides is 1. The molecule has 6 nitrogen and oxygen atoms in total. The maximum atomic E-state index is 12.3. The minimum atomic E-state index is -0.760. The lowest BCUT2D eigenvalue weighted by Crippen LogP contribution is -2.48. The quantitative estimate of drug-likeness (QED) is 0.564. The monoisotopic (exact) mass is 294 g/mol. The molecule has 1 amide bonds. The molecule has 0 aromatic heterocycles. The number of carbonyl (C=O) groups is 2. The van der Waals surface area contributed by atoms with Crippen LogP contribution >= 0.6 is 0 Å². The molecule has 0 bridgehead atoms. The SMILES string of the molecule is BC(C)(C)OC(=O)[C@@H]1CCC(C#N)N1C(=O)OC(C)(C)C. The molecule has 21 heavy (non-hydrogen) atoms. The molecule has 0 saturated carbocycles. The predicted molar refractivity (Wildman–Crippen MR) is 79.2 cm³/mol. The van der Waals surface area contributed by atoms with Crippen LogP contribution in [0.5, 0.6) is 0 Å². The first-order valence-electron chi connectivity index (χ1n) is 7.08. The van der Waals surface area contributed by atoms with Crippen molar-refractivity contribution < 1.29 is 19.1 Å². The van der Waals surface area contributed by atoms with E-state index in [2.05, 4.69) is 0 Å². The summed E-state index contributed by atoms with van der Waals surface area (Å²) in [4.78, 5) is 25.7. The smallest absolute Gasteiger partial charge is 0.412 e. The van der Waals surface area contributed by atoms with Crippen LogP contribution in [-0.4, -0.2) is 48.0 Å². The molecule has 0 aromatic carbocycles. The zero-order valence-corrected chi connectivity index (χ0v) is 13.6. The summed E-state index contributed by atoms with van der Waals surface area (Å²) < 4.78 is 10.6. The van der Waals surface area contributed by atoms with Gasteiger partial charge in [-0.25, -0.2) is 9.59 Å². The minimum absolute atomic E-state index is 0.409. The van der Waals surface area contributed by atoms with Gasteiger partial charge in [-0.05, 0) is 47.5 Å². The fourth-order valence-corrected chi connectivity index (χ4v) is 2.11. The van der Waals surface area contributed by atoms with Gasteiger partial charge in [-0.3, -0.25) is 4.90 Å². The lowest BCUT2D eigenvalue weighted by Gasteiger charge is -2.31. The van der Waals surface area contributed by atoms with E-state index in [0.717, 1.165) is 0 Å². The number of nitrogens with zero attached hydrogens (tertiary/aromatic N) is 2. The Morgan fingerprint density at radius 3 is 2.19 bits per heavy atom. The van der Waals surface area contributed by atoms with E-state index in [1.807, 2.05) is 6.07 Å². The third-order valence-electron chi connectivity index (χ3n) is 2.82. The molecule has 1 fully saturated rings. The largest absolute Gasteiger partial charge is 0.468 e. The van der Waals surface area contributed by atoms with E-state index in [9.17, 15) is 9.59 Å². The summed E-state index contributed by atoms with van der Waals surface area (Å²) in [5, 5.41) is 9.16. The topological polar surface area (TPSA) is 79.6 Å². The van der Waals surface area contributed by atoms with Crippen molar-refractivity contribution in [2.24, 2.45) is 0 Å². The van der Waals surface area contributed by atoms with Crippen molar-refractivity contribution in [2.75, 3.05) is 0 Å². The number of carbonyl (C=O) groups excluding carboxylic acids is 2. The van der Waals surface area contributed by atoms with Gasteiger partial charge in [0.25, 0.3) is 0 Å². The Hall–Kier alpha value is -1.71. The number of likely N-dealkylation sites (tertiary alicyclic amines) is 1. The van der Waals surface area contributed by atoms with E-state index in [0.29, 0.717) is 12.8 Å². The van der Waals surface area contributed by atoms with Crippen LogP contribution in [0.2, 0.25) is 0 Å². The molecule has 1 saturated heterocycles. The first-order chi connectivity index (χ1) is 9.44. The van der Waals surface area contributed by atoms with Crippen LogP contribution in [0.25, 0.3) is 0 Å². The Kier molecular flexibility index (Phi) is 4.93. The number of rotatable bonds is 2. The number of esters is 1. The van der Waals surface area contributed by atoms with Gasteiger partial charge in [0, 0.05) is 0 Å². The highest BCUT2D eigenvalue weighted by Crippen LogP contribution is 2.28. The second-order valence-electron chi connectivity index (χ2n) is 7.16. The Balaban J connectivity index is 2.91. The van der Waals surface area contributed by atoms with Crippen LogP contribution in [0.3, 0.4) is 0 Å². The highest BCUT2D eigenvalue weighted by molar-refractivity contribution is 6.14. The first-order valence-corrected chi connectivity index (χ1v) is 7.08. The molecule has 1 rings (SSSR count). The van der Waals surface area contributed by atoms with E-state index in [1.54, 1.807) is 42.5 Å². The lowest BCUT2D eigenvalue weighted by atomic mass is 9.86. The van der Waals surface area contributed by atoms with Crippen LogP contribution in [0.4, 0.5) is 4.79 Å². The van der Waals surface area contributed by atoms with Crippen molar-refractivity contribution in [3.63, 3.8) is 0 Å². The minimum Gasteiger partial charge on any atom is -0.468 e. The zero-order chi connectivity index (χ0) is 16.4. The van der Waals surface area contributed by atoms with Crippen molar-refractivity contribution in [1.29, 1.82) is 5.26 Å². The molecule has 1 unspecified atom stereocenters. The Morgan fingerprint density at radius 2 is 1.76 bits per heavy atom. The lowest BCUT2D eigenvalue weighted by molar-refractivity contribution is -0.155. The summed E-state index contributed by atoms with van der Waals surface area (Å²) in [6, 6.07) is 0.630. The van der Waals surface area contributed by atoms with E-state index in [-0.39, 0.29) is 0 Å². The molecule has 0 radical (unpaired) electrons. The number of hydrogen-bond acceptors (Lipinski definition) is 5. The van der Waals surface area contributed by atoms with Crippen molar-refractivity contribution in [2.45, 2.75) is 70.6 Å². The second kappa shape index (κ2) is 5.96. The summed E-state index contributed by atoms with van der Waals surface area (Å²) in [5.74, 6) is -0.494. The number of hydrogen-bond donors (Lipinski definition) is 0. The molecule has 1 aliphatic heterocycles. The summed E-state index contributed by atoms with van der Waals surface area (Å²) in [6.07, 6.45) is 0.203. The number of nitriles is 1. The third kappa shape index (κ3) is 4.96. The third-order valence-corrected chi connectivity index (χ3v) is 2.82. The van der Waals surface area contributed by atoms with Gasteiger partial charge in [-0.1, -0.05) is 0 Å². The van der Waals surface area contributed by atoms with Crippen LogP contribution in [0.1, 0.15) is 47.5 Å². The van der Waals surface area contributed by atoms with Crippen molar-refractivity contribution in [1.82, 2.24) is 4.90 Å². The Labute approximate surface area is 126 Å². The standard InChI is InChI=1S/C14H23BN2O4/c1-13(2,3)21-12(19)17-9(8-16)6-7-10(17)11(18)20-14(4,5)15/h9-10H,6-7,15H2,1-5H3/t9?,10-/m0/s1. The van der Waals surface area contributed by atoms with Gasteiger partial charge in [0.05, 0.1) is 11.6 Å². The molecule has 0 N–H and O–H groups in total. The van der Waals surface area contributed by atoms with Crippen LogP contribution in [0.15, 0.2) is 0 Å². The van der Waals surface area contributed by atoms with Gasteiger partial charge in [0.15, 0.2) is 7.85 Å². The molecule has 0 aromatic rings. The molecule has 1 aliphatic rings. The van der Waals surface area contributed by atoms with Crippen molar-refractivity contribution in [3.05, 3.63) is 0 Å². The van der Waals surface area contributed by atoms with Gasteiger partial charge >= 0.3 is 12.1 Å². The summed E-state index contributed by atoms with van der Waals surface area (Å²) >= 11 is 0. The fraction of sp³-hybridized carbons (Fsp3) is 0.786. The van der Waals surface area contributed by atoms with Crippen molar-refractivity contribution in [3.8, 4) is 6.07 Å². The van der Waals surface area contributed by atoms with Gasteiger partial charge in [0.1, 0.15) is 17.7 Å². The molecular formula is C14H23BN2O4. The normalized spacial score (nSPS) is 22.6. The summed E-state index contributed by atoms with van der Waals surface area (Å²) in [6.45, 7) is 8.75. The Morgan fingerprint density at radius 1 is 1.19 bits per heavy atom. The molecule has 7 heteroatoms. The second-order valence-corrected chi connectivity index (χ2v) is 7.16. The van der Waals surface area contributed by atoms with Gasteiger partial charge in [0.2, 0.25) is 0 Å². The van der Waals surface area contributed by atoms with E-state index in [1.165, 1.54) is 4.90 Å². The number of ether oxygens (including phenoxy) is 2. The Bertz CT molecular complexity index is 459. The van der Waals surface area contributed by atoms with E-state index >= 15 is 0 Å². The summed E-state index contributed by atoms with van der Waals surface area (Å²) in [7, 11) is 1.76. The predicted octanol–water partition coefficient (Wildman–Crippen LogP) is 1.19. The van der Waals surface area contributed by atoms with Gasteiger partial charge in [-0.15, -0.1) is 0 Å². The van der Waals surface area contributed by atoms with Crippen LogP contribution in [-0.2, 0) is 14.3 Å². The molecule has 0 spiro atoms. The highest BCUT2D eigenvalue weighted by atomic mass is 16.6. The molecular weight excluding hydrogens is 271 g/mol. The van der Waals surface area contributed by atoms with E-state index in [4.69, 9.17) is 14.7 Å². The molecule has 0 aliphatic carbocycles. The van der Waals surface area contributed by atoms with Crippen LogP contribution < -0.4 is 0 Å².